The monoisotopic (exact) mass is 258 g/mol. The number of halogens is 2. The molecule has 1 atom stereocenters. The number of carbonyl (C=O) groups excluding carboxylic acids is 1. The molecule has 0 bridgehead atoms. The highest BCUT2D eigenvalue weighted by Crippen LogP contribution is 2.12. The minimum absolute atomic E-state index is 0.0222. The van der Waals surface area contributed by atoms with E-state index in [0.717, 1.165) is 30.4 Å². The molecule has 1 amide bonds. The Morgan fingerprint density at radius 2 is 2.44 bits per heavy atom. The van der Waals surface area contributed by atoms with Crippen molar-refractivity contribution in [1.29, 1.82) is 0 Å². The molecular formula is C11H16F2N4O. The van der Waals surface area contributed by atoms with Gasteiger partial charge in [0, 0.05) is 12.4 Å². The first-order valence-electron chi connectivity index (χ1n) is 5.99. The molecule has 0 unspecified atom stereocenters. The van der Waals surface area contributed by atoms with Crippen molar-refractivity contribution >= 4 is 5.91 Å². The Bertz CT molecular complexity index is 402. The predicted octanol–water partition coefficient (Wildman–Crippen LogP) is 1.04. The first kappa shape index (κ1) is 12.9. The Morgan fingerprint density at radius 3 is 3.11 bits per heavy atom. The summed E-state index contributed by atoms with van der Waals surface area (Å²) >= 11 is 0. The van der Waals surface area contributed by atoms with Gasteiger partial charge in [0.25, 0.3) is 0 Å². The van der Waals surface area contributed by atoms with Gasteiger partial charge in [-0.25, -0.2) is 4.98 Å². The van der Waals surface area contributed by atoms with E-state index in [0.29, 0.717) is 0 Å². The molecule has 1 aliphatic rings. The Morgan fingerprint density at radius 1 is 1.61 bits per heavy atom. The van der Waals surface area contributed by atoms with Crippen molar-refractivity contribution in [2.45, 2.75) is 38.4 Å². The van der Waals surface area contributed by atoms with E-state index in [4.69, 9.17) is 0 Å². The molecule has 1 aliphatic heterocycles. The summed E-state index contributed by atoms with van der Waals surface area (Å²) in [7, 11) is 0. The SMILES string of the molecule is O=C(NCc1nccn1C(F)F)[C@H]1CCCCN1. The summed E-state index contributed by atoms with van der Waals surface area (Å²) in [5.74, 6) is 0.00711. The Hall–Kier alpha value is -1.50. The lowest BCUT2D eigenvalue weighted by molar-refractivity contribution is -0.123. The van der Waals surface area contributed by atoms with Gasteiger partial charge >= 0.3 is 6.55 Å². The number of alkyl halides is 2. The second-order valence-electron chi connectivity index (χ2n) is 4.25. The summed E-state index contributed by atoms with van der Waals surface area (Å²) in [6.07, 6.45) is 5.36. The molecule has 1 saturated heterocycles. The van der Waals surface area contributed by atoms with Crippen LogP contribution in [-0.2, 0) is 11.3 Å². The van der Waals surface area contributed by atoms with Gasteiger partial charge in [0.1, 0.15) is 5.82 Å². The summed E-state index contributed by atoms with van der Waals surface area (Å²) < 4.78 is 25.8. The van der Waals surface area contributed by atoms with Gasteiger partial charge in [0.2, 0.25) is 5.91 Å². The molecule has 2 heterocycles. The number of hydrogen-bond acceptors (Lipinski definition) is 3. The Balaban J connectivity index is 1.86. The largest absolute Gasteiger partial charge is 0.348 e. The van der Waals surface area contributed by atoms with Crippen LogP contribution in [-0.4, -0.2) is 28.0 Å². The van der Waals surface area contributed by atoms with Crippen LogP contribution in [0, 0.1) is 0 Å². The molecule has 100 valence electrons. The zero-order valence-electron chi connectivity index (χ0n) is 9.90. The lowest BCUT2D eigenvalue weighted by atomic mass is 10.0. The molecule has 18 heavy (non-hydrogen) atoms. The summed E-state index contributed by atoms with van der Waals surface area (Å²) in [6.45, 7) is -1.79. The maximum atomic E-state index is 12.5. The van der Waals surface area contributed by atoms with Crippen LogP contribution in [0.5, 0.6) is 0 Å². The van der Waals surface area contributed by atoms with Crippen LogP contribution in [0.1, 0.15) is 31.6 Å². The highest BCUT2D eigenvalue weighted by molar-refractivity contribution is 5.81. The molecule has 0 aliphatic carbocycles. The second kappa shape index (κ2) is 5.90. The maximum absolute atomic E-state index is 12.5. The van der Waals surface area contributed by atoms with Crippen molar-refractivity contribution in [3.63, 3.8) is 0 Å². The molecule has 1 fully saturated rings. The van der Waals surface area contributed by atoms with Gasteiger partial charge in [-0.3, -0.25) is 9.36 Å². The van der Waals surface area contributed by atoms with Crippen molar-refractivity contribution in [1.82, 2.24) is 20.2 Å². The van der Waals surface area contributed by atoms with E-state index in [1.54, 1.807) is 0 Å². The molecule has 0 aromatic carbocycles. The fourth-order valence-corrected chi connectivity index (χ4v) is 2.02. The first-order chi connectivity index (χ1) is 8.68. The average molecular weight is 258 g/mol. The topological polar surface area (TPSA) is 59.0 Å². The van der Waals surface area contributed by atoms with Crippen molar-refractivity contribution < 1.29 is 13.6 Å². The zero-order valence-corrected chi connectivity index (χ0v) is 9.90. The predicted molar refractivity (Wildman–Crippen MR) is 61.0 cm³/mol. The van der Waals surface area contributed by atoms with Crippen LogP contribution in [0.2, 0.25) is 0 Å². The minimum Gasteiger partial charge on any atom is -0.348 e. The lowest BCUT2D eigenvalue weighted by Crippen LogP contribution is -2.46. The molecule has 0 saturated carbocycles. The fourth-order valence-electron chi connectivity index (χ4n) is 2.02. The van der Waals surface area contributed by atoms with Crippen LogP contribution in [0.3, 0.4) is 0 Å². The van der Waals surface area contributed by atoms with E-state index in [-0.39, 0.29) is 24.3 Å². The number of aromatic nitrogens is 2. The third kappa shape index (κ3) is 3.04. The number of piperidine rings is 1. The standard InChI is InChI=1S/C11H16F2N4O/c12-11(13)17-6-5-15-9(17)7-16-10(18)8-3-1-2-4-14-8/h5-6,8,11,14H,1-4,7H2,(H,16,18)/t8-/m1/s1. The zero-order chi connectivity index (χ0) is 13.0. The average Bonchev–Trinajstić information content (AvgIpc) is 2.85. The van der Waals surface area contributed by atoms with Gasteiger partial charge in [-0.1, -0.05) is 6.42 Å². The highest BCUT2D eigenvalue weighted by atomic mass is 19.3. The first-order valence-corrected chi connectivity index (χ1v) is 5.99. The van der Waals surface area contributed by atoms with E-state index in [2.05, 4.69) is 15.6 Å². The number of nitrogens with one attached hydrogen (secondary N) is 2. The van der Waals surface area contributed by atoms with E-state index >= 15 is 0 Å². The summed E-state index contributed by atoms with van der Waals surface area (Å²) in [4.78, 5) is 15.6. The number of nitrogens with zero attached hydrogens (tertiary/aromatic N) is 2. The van der Waals surface area contributed by atoms with Crippen molar-refractivity contribution in [3.8, 4) is 0 Å². The number of hydrogen-bond donors (Lipinski definition) is 2. The molecule has 1 aromatic rings. The summed E-state index contributed by atoms with van der Waals surface area (Å²) in [5.41, 5.74) is 0. The van der Waals surface area contributed by atoms with Crippen molar-refractivity contribution in [2.75, 3.05) is 6.54 Å². The number of carbonyl (C=O) groups is 1. The van der Waals surface area contributed by atoms with Gasteiger partial charge in [0.15, 0.2) is 0 Å². The smallest absolute Gasteiger partial charge is 0.319 e. The molecular weight excluding hydrogens is 242 g/mol. The number of imidazole rings is 1. The Kier molecular flexibility index (Phi) is 4.24. The van der Waals surface area contributed by atoms with Gasteiger partial charge in [-0.15, -0.1) is 0 Å². The molecule has 0 spiro atoms. The van der Waals surface area contributed by atoms with Gasteiger partial charge in [-0.05, 0) is 19.4 Å². The van der Waals surface area contributed by atoms with Crippen LogP contribution in [0.15, 0.2) is 12.4 Å². The van der Waals surface area contributed by atoms with Gasteiger partial charge < -0.3 is 10.6 Å². The maximum Gasteiger partial charge on any atom is 0.319 e. The molecule has 2 rings (SSSR count). The number of amides is 1. The molecule has 1 aromatic heterocycles. The highest BCUT2D eigenvalue weighted by Gasteiger charge is 2.20. The van der Waals surface area contributed by atoms with Crippen LogP contribution < -0.4 is 10.6 Å². The van der Waals surface area contributed by atoms with Gasteiger partial charge in [-0.2, -0.15) is 8.78 Å². The molecule has 2 N–H and O–H groups in total. The van der Waals surface area contributed by atoms with E-state index in [1.165, 1.54) is 12.4 Å². The summed E-state index contributed by atoms with van der Waals surface area (Å²) in [6, 6.07) is -0.214. The van der Waals surface area contributed by atoms with E-state index in [9.17, 15) is 13.6 Å². The van der Waals surface area contributed by atoms with Gasteiger partial charge in [0.05, 0.1) is 12.6 Å². The quantitative estimate of drug-likeness (QED) is 0.848. The lowest BCUT2D eigenvalue weighted by Gasteiger charge is -2.22. The van der Waals surface area contributed by atoms with E-state index < -0.39 is 6.55 Å². The molecule has 5 nitrogen and oxygen atoms in total. The molecule has 0 radical (unpaired) electrons. The third-order valence-electron chi connectivity index (χ3n) is 3.01. The normalized spacial score (nSPS) is 20.1. The van der Waals surface area contributed by atoms with Crippen LogP contribution in [0.4, 0.5) is 8.78 Å². The summed E-state index contributed by atoms with van der Waals surface area (Å²) in [5, 5.41) is 5.73. The van der Waals surface area contributed by atoms with Crippen LogP contribution in [0.25, 0.3) is 0 Å². The Labute approximate surface area is 104 Å². The van der Waals surface area contributed by atoms with Crippen molar-refractivity contribution in [2.24, 2.45) is 0 Å². The van der Waals surface area contributed by atoms with Crippen molar-refractivity contribution in [3.05, 3.63) is 18.2 Å². The second-order valence-corrected chi connectivity index (χ2v) is 4.25. The minimum atomic E-state index is -2.63. The fraction of sp³-hybridized carbons (Fsp3) is 0.636. The van der Waals surface area contributed by atoms with E-state index in [1.807, 2.05) is 0 Å². The number of rotatable bonds is 4. The van der Waals surface area contributed by atoms with Crippen LogP contribution >= 0.6 is 0 Å². The third-order valence-corrected chi connectivity index (χ3v) is 3.01. The molecule has 7 heteroatoms.